The van der Waals surface area contributed by atoms with Gasteiger partial charge in [-0.3, -0.25) is 9.78 Å². The van der Waals surface area contributed by atoms with Crippen LogP contribution in [0.15, 0.2) is 46.4 Å². The number of halogens is 1. The van der Waals surface area contributed by atoms with Crippen molar-refractivity contribution < 1.29 is 4.79 Å². The van der Waals surface area contributed by atoms with Crippen LogP contribution in [0.1, 0.15) is 10.6 Å². The molecule has 3 nitrogen and oxygen atoms in total. The molecule has 0 saturated carbocycles. The number of pyridine rings is 1. The first-order valence-corrected chi connectivity index (χ1v) is 6.96. The third kappa shape index (κ3) is 4.09. The molecule has 0 aliphatic rings. The highest BCUT2D eigenvalue weighted by molar-refractivity contribution is 9.11. The monoisotopic (exact) mass is 322 g/mol. The number of hydrogen-bond acceptors (Lipinski definition) is 3. The molecule has 0 aliphatic heterocycles. The molecular weight excluding hydrogens is 312 g/mol. The van der Waals surface area contributed by atoms with Gasteiger partial charge in [0.25, 0.3) is 0 Å². The maximum absolute atomic E-state index is 11.6. The fraction of sp³-hybridized carbons (Fsp3) is 0.0769. The van der Waals surface area contributed by atoms with E-state index in [4.69, 9.17) is 0 Å². The predicted molar refractivity (Wildman–Crippen MR) is 77.1 cm³/mol. The summed E-state index contributed by atoms with van der Waals surface area (Å²) in [7, 11) is 0. The molecule has 0 aliphatic carbocycles. The van der Waals surface area contributed by atoms with Crippen molar-refractivity contribution in [3.63, 3.8) is 0 Å². The molecule has 0 fully saturated rings. The smallest absolute Gasteiger partial charge is 0.244 e. The number of nitrogens with zero attached hydrogens (tertiary/aromatic N) is 1. The number of thiophene rings is 1. The Hall–Kier alpha value is -1.46. The normalized spacial score (nSPS) is 10.7. The Morgan fingerprint density at radius 3 is 2.94 bits per heavy atom. The second kappa shape index (κ2) is 6.47. The molecule has 18 heavy (non-hydrogen) atoms. The van der Waals surface area contributed by atoms with Crippen LogP contribution in [0.5, 0.6) is 0 Å². The van der Waals surface area contributed by atoms with E-state index in [2.05, 4.69) is 26.2 Å². The van der Waals surface area contributed by atoms with E-state index in [9.17, 15) is 4.79 Å². The van der Waals surface area contributed by atoms with E-state index < -0.39 is 0 Å². The molecule has 2 rings (SSSR count). The van der Waals surface area contributed by atoms with E-state index in [1.807, 2.05) is 30.3 Å². The fourth-order valence-corrected chi connectivity index (χ4v) is 2.64. The zero-order valence-electron chi connectivity index (χ0n) is 9.47. The van der Waals surface area contributed by atoms with Crippen LogP contribution in [0.25, 0.3) is 6.08 Å². The van der Waals surface area contributed by atoms with Crippen LogP contribution in [-0.4, -0.2) is 10.9 Å². The third-order valence-corrected chi connectivity index (χ3v) is 3.75. The van der Waals surface area contributed by atoms with Crippen molar-refractivity contribution in [2.75, 3.05) is 0 Å². The average molecular weight is 323 g/mol. The average Bonchev–Trinajstić information content (AvgIpc) is 2.81. The number of amides is 1. The summed E-state index contributed by atoms with van der Waals surface area (Å²) in [5.41, 5.74) is 0.845. The Morgan fingerprint density at radius 2 is 2.28 bits per heavy atom. The van der Waals surface area contributed by atoms with Crippen LogP contribution >= 0.6 is 27.3 Å². The van der Waals surface area contributed by atoms with E-state index in [-0.39, 0.29) is 5.91 Å². The standard InChI is InChI=1S/C13H11BrN2OS/c14-12-6-4-11(18-12)5-7-13(17)16-9-10-3-1-2-8-15-10/h1-8H,9H2,(H,16,17)/b7-5+. The molecule has 2 heterocycles. The lowest BCUT2D eigenvalue weighted by molar-refractivity contribution is -0.116. The molecule has 0 bridgehead atoms. The van der Waals surface area contributed by atoms with Gasteiger partial charge in [-0.15, -0.1) is 11.3 Å². The van der Waals surface area contributed by atoms with Gasteiger partial charge < -0.3 is 5.32 Å². The summed E-state index contributed by atoms with van der Waals surface area (Å²) in [6.07, 6.45) is 5.03. The molecule has 0 saturated heterocycles. The van der Waals surface area contributed by atoms with Gasteiger partial charge >= 0.3 is 0 Å². The molecule has 1 N–H and O–H groups in total. The number of rotatable bonds is 4. The number of aromatic nitrogens is 1. The van der Waals surface area contributed by atoms with E-state index in [0.717, 1.165) is 14.4 Å². The second-order valence-electron chi connectivity index (χ2n) is 3.51. The predicted octanol–water partition coefficient (Wildman–Crippen LogP) is 3.24. The summed E-state index contributed by atoms with van der Waals surface area (Å²) < 4.78 is 1.05. The molecule has 0 atom stereocenters. The van der Waals surface area contributed by atoms with Gasteiger partial charge in [0.2, 0.25) is 5.91 Å². The lowest BCUT2D eigenvalue weighted by Crippen LogP contribution is -2.20. The Kier molecular flexibility index (Phi) is 4.66. The lowest BCUT2D eigenvalue weighted by Gasteiger charge is -2.00. The minimum atomic E-state index is -0.120. The van der Waals surface area contributed by atoms with Crippen molar-refractivity contribution in [2.45, 2.75) is 6.54 Å². The van der Waals surface area contributed by atoms with E-state index >= 15 is 0 Å². The summed E-state index contributed by atoms with van der Waals surface area (Å²) in [5, 5.41) is 2.78. The lowest BCUT2D eigenvalue weighted by atomic mass is 10.3. The Bertz CT molecular complexity index is 551. The minimum absolute atomic E-state index is 0.120. The van der Waals surface area contributed by atoms with E-state index in [1.54, 1.807) is 23.6 Å². The third-order valence-electron chi connectivity index (χ3n) is 2.16. The van der Waals surface area contributed by atoms with Crippen molar-refractivity contribution in [3.8, 4) is 0 Å². The SMILES string of the molecule is O=C(/C=C/c1ccc(Br)s1)NCc1ccccn1. The summed E-state index contributed by atoms with van der Waals surface area (Å²) in [6.45, 7) is 0.443. The zero-order chi connectivity index (χ0) is 12.8. The Balaban J connectivity index is 1.84. The zero-order valence-corrected chi connectivity index (χ0v) is 11.9. The molecule has 2 aromatic heterocycles. The summed E-state index contributed by atoms with van der Waals surface area (Å²) in [4.78, 5) is 16.7. The first-order chi connectivity index (χ1) is 8.74. The number of carbonyl (C=O) groups excluding carboxylic acids is 1. The van der Waals surface area contributed by atoms with Crippen molar-refractivity contribution in [2.24, 2.45) is 0 Å². The number of carbonyl (C=O) groups is 1. The van der Waals surface area contributed by atoms with Crippen molar-refractivity contribution in [1.82, 2.24) is 10.3 Å². The fourth-order valence-electron chi connectivity index (χ4n) is 1.31. The first kappa shape index (κ1) is 13.0. The first-order valence-electron chi connectivity index (χ1n) is 5.35. The highest BCUT2D eigenvalue weighted by atomic mass is 79.9. The highest BCUT2D eigenvalue weighted by Gasteiger charge is 1.98. The topological polar surface area (TPSA) is 42.0 Å². The summed E-state index contributed by atoms with van der Waals surface area (Å²) in [5.74, 6) is -0.120. The van der Waals surface area contributed by atoms with Crippen LogP contribution < -0.4 is 5.32 Å². The highest BCUT2D eigenvalue weighted by Crippen LogP contribution is 2.22. The van der Waals surface area contributed by atoms with Gasteiger partial charge in [-0.05, 0) is 46.3 Å². The maximum atomic E-state index is 11.6. The summed E-state index contributed by atoms with van der Waals surface area (Å²) >= 11 is 4.96. The van der Waals surface area contributed by atoms with E-state index in [1.165, 1.54) is 6.08 Å². The number of hydrogen-bond donors (Lipinski definition) is 1. The molecule has 5 heteroatoms. The second-order valence-corrected chi connectivity index (χ2v) is 6.01. The largest absolute Gasteiger partial charge is 0.347 e. The molecular formula is C13H11BrN2OS. The van der Waals surface area contributed by atoms with Gasteiger partial charge in [-0.2, -0.15) is 0 Å². The van der Waals surface area contributed by atoms with Gasteiger partial charge in [0.05, 0.1) is 16.0 Å². The van der Waals surface area contributed by atoms with Crippen LogP contribution in [0.2, 0.25) is 0 Å². The van der Waals surface area contributed by atoms with Gasteiger partial charge in [0.15, 0.2) is 0 Å². The van der Waals surface area contributed by atoms with Gasteiger partial charge in [0.1, 0.15) is 0 Å². The van der Waals surface area contributed by atoms with Crippen molar-refractivity contribution in [1.29, 1.82) is 0 Å². The molecule has 0 radical (unpaired) electrons. The quantitative estimate of drug-likeness (QED) is 0.878. The van der Waals surface area contributed by atoms with Gasteiger partial charge in [0, 0.05) is 17.2 Å². The van der Waals surface area contributed by atoms with Gasteiger partial charge in [-0.25, -0.2) is 0 Å². The maximum Gasteiger partial charge on any atom is 0.244 e. The van der Waals surface area contributed by atoms with Crippen molar-refractivity contribution in [3.05, 3.63) is 57.0 Å². The Morgan fingerprint density at radius 1 is 1.39 bits per heavy atom. The van der Waals surface area contributed by atoms with Crippen molar-refractivity contribution >= 4 is 39.2 Å². The molecule has 92 valence electrons. The molecule has 2 aromatic rings. The molecule has 0 aromatic carbocycles. The molecule has 0 spiro atoms. The molecule has 1 amide bonds. The van der Waals surface area contributed by atoms with Crippen LogP contribution in [0, 0.1) is 0 Å². The van der Waals surface area contributed by atoms with Gasteiger partial charge in [-0.1, -0.05) is 6.07 Å². The minimum Gasteiger partial charge on any atom is -0.347 e. The van der Waals surface area contributed by atoms with Crippen LogP contribution in [0.4, 0.5) is 0 Å². The summed E-state index contributed by atoms with van der Waals surface area (Å²) in [6, 6.07) is 9.53. The Labute approximate surface area is 118 Å². The number of nitrogens with one attached hydrogen (secondary N) is 1. The van der Waals surface area contributed by atoms with Crippen LogP contribution in [-0.2, 0) is 11.3 Å². The molecule has 0 unspecified atom stereocenters. The van der Waals surface area contributed by atoms with E-state index in [0.29, 0.717) is 6.54 Å². The van der Waals surface area contributed by atoms with Crippen LogP contribution in [0.3, 0.4) is 0 Å².